The number of hydrogen-bond acceptors (Lipinski definition) is 0. The molecular weight excluding hydrogens is 168 g/mol. The zero-order chi connectivity index (χ0) is 11.4. The van der Waals surface area contributed by atoms with Gasteiger partial charge in [0.15, 0.2) is 0 Å². The molecule has 0 amide bonds. The van der Waals surface area contributed by atoms with Crippen LogP contribution in [-0.4, -0.2) is 0 Å². The van der Waals surface area contributed by atoms with Crippen molar-refractivity contribution in [2.45, 2.75) is 66.2 Å². The first-order valence-electron chi connectivity index (χ1n) is 6.22. The van der Waals surface area contributed by atoms with Crippen LogP contribution in [0.3, 0.4) is 0 Å². The molecule has 0 aromatic carbocycles. The van der Waals surface area contributed by atoms with Gasteiger partial charge in [-0.05, 0) is 11.8 Å². The molecule has 0 nitrogen and oxygen atoms in total. The van der Waals surface area contributed by atoms with Gasteiger partial charge in [0.1, 0.15) is 0 Å². The molecule has 1 unspecified atom stereocenters. The Morgan fingerprint density at radius 1 is 0.857 bits per heavy atom. The quantitative estimate of drug-likeness (QED) is 0.377. The Balaban J connectivity index is 0. The monoisotopic (exact) mass is 198 g/mol. The third-order valence-corrected chi connectivity index (χ3v) is 2.78. The molecule has 0 aliphatic rings. The molecule has 0 heteroatoms. The van der Waals surface area contributed by atoms with Crippen molar-refractivity contribution in [3.63, 3.8) is 0 Å². The molecule has 0 fully saturated rings. The van der Waals surface area contributed by atoms with Crippen LogP contribution in [-0.2, 0) is 0 Å². The van der Waals surface area contributed by atoms with Crippen LogP contribution in [0.5, 0.6) is 0 Å². The van der Waals surface area contributed by atoms with Crippen molar-refractivity contribution in [1.29, 1.82) is 0 Å². The molecule has 14 heavy (non-hydrogen) atoms. The van der Waals surface area contributed by atoms with Gasteiger partial charge in [-0.3, -0.25) is 0 Å². The Bertz CT molecular complexity index is 94.2. The normalized spacial score (nSPS) is 12.1. The molecule has 0 rings (SSSR count). The summed E-state index contributed by atoms with van der Waals surface area (Å²) in [5.74, 6) is 1.88. The first kappa shape index (κ1) is 16.2. The average molecular weight is 198 g/mol. The van der Waals surface area contributed by atoms with E-state index in [-0.39, 0.29) is 0 Å². The lowest BCUT2D eigenvalue weighted by molar-refractivity contribution is 0.323. The molecule has 0 N–H and O–H groups in total. The summed E-state index contributed by atoms with van der Waals surface area (Å²) in [6.07, 6.45) is 8.47. The van der Waals surface area contributed by atoms with E-state index in [2.05, 4.69) is 40.9 Å². The Morgan fingerprint density at radius 3 is 1.79 bits per heavy atom. The van der Waals surface area contributed by atoms with Crippen LogP contribution in [0.25, 0.3) is 0 Å². The molecule has 0 saturated carbocycles. The number of rotatable bonds is 7. The Labute approximate surface area is 91.8 Å². The van der Waals surface area contributed by atoms with E-state index < -0.39 is 0 Å². The van der Waals surface area contributed by atoms with E-state index in [9.17, 15) is 0 Å². The molecule has 0 saturated heterocycles. The summed E-state index contributed by atoms with van der Waals surface area (Å²) in [6, 6.07) is 0. The topological polar surface area (TPSA) is 0 Å². The average Bonchev–Trinajstić information content (AvgIpc) is 2.20. The standard InChI is InChI=1S/C12H26.C2H4/c1-5-7-8-10-12(9-6-2)11(3)4;1-2/h11-12H,5-10H2,1-4H3;1-2H2. The fraction of sp³-hybridized carbons (Fsp3) is 0.857. The van der Waals surface area contributed by atoms with Crippen molar-refractivity contribution in [2.75, 3.05) is 0 Å². The Hall–Kier alpha value is -0.260. The maximum atomic E-state index is 3.00. The first-order valence-corrected chi connectivity index (χ1v) is 6.22. The third-order valence-electron chi connectivity index (χ3n) is 2.78. The molecule has 86 valence electrons. The Morgan fingerprint density at radius 2 is 1.43 bits per heavy atom. The zero-order valence-corrected chi connectivity index (χ0v) is 10.8. The SMILES string of the molecule is C=C.CCCCCC(CCC)C(C)C. The van der Waals surface area contributed by atoms with Crippen molar-refractivity contribution in [3.05, 3.63) is 13.2 Å². The van der Waals surface area contributed by atoms with Crippen molar-refractivity contribution < 1.29 is 0 Å². The summed E-state index contributed by atoms with van der Waals surface area (Å²) in [6.45, 7) is 15.3. The van der Waals surface area contributed by atoms with E-state index >= 15 is 0 Å². The highest BCUT2D eigenvalue weighted by atomic mass is 14.2. The highest BCUT2D eigenvalue weighted by Crippen LogP contribution is 2.23. The summed E-state index contributed by atoms with van der Waals surface area (Å²) in [7, 11) is 0. The number of hydrogen-bond donors (Lipinski definition) is 0. The molecule has 0 heterocycles. The van der Waals surface area contributed by atoms with Gasteiger partial charge >= 0.3 is 0 Å². The largest absolute Gasteiger partial charge is 0.106 e. The Kier molecular flexibility index (Phi) is 14.7. The summed E-state index contributed by atoms with van der Waals surface area (Å²) in [4.78, 5) is 0. The minimum atomic E-state index is 0.891. The second-order valence-corrected chi connectivity index (χ2v) is 4.29. The fourth-order valence-electron chi connectivity index (χ4n) is 1.84. The lowest BCUT2D eigenvalue weighted by Gasteiger charge is -2.19. The van der Waals surface area contributed by atoms with Crippen molar-refractivity contribution in [1.82, 2.24) is 0 Å². The molecule has 0 radical (unpaired) electrons. The molecule has 0 aliphatic carbocycles. The van der Waals surface area contributed by atoms with Gasteiger partial charge in [-0.1, -0.05) is 66.2 Å². The fourth-order valence-corrected chi connectivity index (χ4v) is 1.84. The van der Waals surface area contributed by atoms with Crippen LogP contribution in [0.15, 0.2) is 13.2 Å². The van der Waals surface area contributed by atoms with Crippen LogP contribution in [0.1, 0.15) is 66.2 Å². The van der Waals surface area contributed by atoms with Gasteiger partial charge in [-0.25, -0.2) is 0 Å². The van der Waals surface area contributed by atoms with Crippen molar-refractivity contribution in [2.24, 2.45) is 11.8 Å². The third kappa shape index (κ3) is 9.83. The van der Waals surface area contributed by atoms with Gasteiger partial charge in [0.05, 0.1) is 0 Å². The van der Waals surface area contributed by atoms with Crippen LogP contribution >= 0.6 is 0 Å². The predicted molar refractivity (Wildman–Crippen MR) is 68.6 cm³/mol. The minimum Gasteiger partial charge on any atom is -0.106 e. The summed E-state index contributed by atoms with van der Waals surface area (Å²) in [5.41, 5.74) is 0. The van der Waals surface area contributed by atoms with E-state index in [1.165, 1.54) is 38.5 Å². The van der Waals surface area contributed by atoms with E-state index in [1.807, 2.05) is 0 Å². The molecule has 1 atom stereocenters. The van der Waals surface area contributed by atoms with Gasteiger partial charge in [-0.2, -0.15) is 0 Å². The van der Waals surface area contributed by atoms with Gasteiger partial charge in [0.25, 0.3) is 0 Å². The maximum Gasteiger partial charge on any atom is -0.0391 e. The van der Waals surface area contributed by atoms with Crippen LogP contribution in [0, 0.1) is 11.8 Å². The second-order valence-electron chi connectivity index (χ2n) is 4.29. The molecular formula is C14H30. The van der Waals surface area contributed by atoms with Gasteiger partial charge in [0.2, 0.25) is 0 Å². The lowest BCUT2D eigenvalue weighted by Crippen LogP contribution is -2.08. The summed E-state index contributed by atoms with van der Waals surface area (Å²) in [5, 5.41) is 0. The summed E-state index contributed by atoms with van der Waals surface area (Å²) >= 11 is 0. The van der Waals surface area contributed by atoms with Crippen LogP contribution in [0.4, 0.5) is 0 Å². The predicted octanol–water partition coefficient (Wildman–Crippen LogP) is 5.44. The second kappa shape index (κ2) is 12.7. The highest BCUT2D eigenvalue weighted by molar-refractivity contribution is 4.62. The maximum absolute atomic E-state index is 3.00. The summed E-state index contributed by atoms with van der Waals surface area (Å²) < 4.78 is 0. The van der Waals surface area contributed by atoms with Gasteiger partial charge in [-0.15, -0.1) is 13.2 Å². The minimum absolute atomic E-state index is 0.891. The van der Waals surface area contributed by atoms with Gasteiger partial charge in [0, 0.05) is 0 Å². The van der Waals surface area contributed by atoms with Crippen LogP contribution in [0.2, 0.25) is 0 Å². The highest BCUT2D eigenvalue weighted by Gasteiger charge is 2.10. The molecule has 0 aromatic heterocycles. The smallest absolute Gasteiger partial charge is 0.0391 e. The van der Waals surface area contributed by atoms with E-state index in [1.54, 1.807) is 0 Å². The van der Waals surface area contributed by atoms with Crippen molar-refractivity contribution >= 4 is 0 Å². The zero-order valence-electron chi connectivity index (χ0n) is 10.8. The van der Waals surface area contributed by atoms with Gasteiger partial charge < -0.3 is 0 Å². The van der Waals surface area contributed by atoms with Crippen molar-refractivity contribution in [3.8, 4) is 0 Å². The van der Waals surface area contributed by atoms with E-state index in [4.69, 9.17) is 0 Å². The van der Waals surface area contributed by atoms with Crippen LogP contribution < -0.4 is 0 Å². The number of unbranched alkanes of at least 4 members (excludes halogenated alkanes) is 2. The molecule has 0 bridgehead atoms. The molecule has 0 aliphatic heterocycles. The first-order chi connectivity index (χ1) is 6.72. The molecule has 0 aromatic rings. The molecule has 0 spiro atoms. The lowest BCUT2D eigenvalue weighted by atomic mass is 9.87. The van der Waals surface area contributed by atoms with E-state index in [0.29, 0.717) is 0 Å². The van der Waals surface area contributed by atoms with E-state index in [0.717, 1.165) is 11.8 Å².